The first kappa shape index (κ1) is 20.8. The zero-order valence-corrected chi connectivity index (χ0v) is 18.0. The van der Waals surface area contributed by atoms with E-state index in [1.54, 1.807) is 0 Å². The summed E-state index contributed by atoms with van der Waals surface area (Å²) >= 11 is 0. The molecule has 30 heavy (non-hydrogen) atoms. The zero-order valence-electron chi connectivity index (χ0n) is 18.0. The van der Waals surface area contributed by atoms with Gasteiger partial charge in [0.15, 0.2) is 0 Å². The molecule has 2 aliphatic rings. The summed E-state index contributed by atoms with van der Waals surface area (Å²) in [5.74, 6) is 0.00917. The summed E-state index contributed by atoms with van der Waals surface area (Å²) < 4.78 is 5.87. The van der Waals surface area contributed by atoms with Gasteiger partial charge in [0.1, 0.15) is 0 Å². The average molecular weight is 409 g/mol. The van der Waals surface area contributed by atoms with Gasteiger partial charge >= 0.3 is 0 Å². The number of hydrogen-bond acceptors (Lipinski definition) is 5. The number of ether oxygens (including phenoxy) is 1. The summed E-state index contributed by atoms with van der Waals surface area (Å²) in [6.07, 6.45) is 0.306. The number of hydrogen-bond donors (Lipinski definition) is 1. The Labute approximate surface area is 179 Å². The predicted octanol–water partition coefficient (Wildman–Crippen LogP) is 2.80. The Bertz CT molecular complexity index is 858. The van der Waals surface area contributed by atoms with Crippen LogP contribution in [-0.2, 0) is 22.6 Å². The lowest BCUT2D eigenvalue weighted by Crippen LogP contribution is -2.43. The molecular formula is C24H32N4O2. The summed E-state index contributed by atoms with van der Waals surface area (Å²) in [6.45, 7) is 6.19. The quantitative estimate of drug-likeness (QED) is 0.825. The third-order valence-electron chi connectivity index (χ3n) is 5.92. The highest BCUT2D eigenvalue weighted by Gasteiger charge is 2.23. The number of amides is 1. The van der Waals surface area contributed by atoms with Crippen molar-refractivity contribution in [3.05, 3.63) is 59.7 Å². The van der Waals surface area contributed by atoms with Gasteiger partial charge in [0.25, 0.3) is 0 Å². The van der Waals surface area contributed by atoms with Crippen molar-refractivity contribution in [2.24, 2.45) is 0 Å². The fraction of sp³-hybridized carbons (Fsp3) is 0.458. The number of morpholine rings is 1. The number of likely N-dealkylation sites (N-methyl/N-ethyl adjacent to an activating group) is 2. The van der Waals surface area contributed by atoms with Crippen LogP contribution in [0.25, 0.3) is 0 Å². The highest BCUT2D eigenvalue weighted by molar-refractivity contribution is 5.91. The van der Waals surface area contributed by atoms with Gasteiger partial charge in [0, 0.05) is 57.7 Å². The summed E-state index contributed by atoms with van der Waals surface area (Å²) in [4.78, 5) is 19.6. The van der Waals surface area contributed by atoms with Gasteiger partial charge in [0.2, 0.25) is 5.91 Å². The van der Waals surface area contributed by atoms with Crippen LogP contribution in [0.15, 0.2) is 48.5 Å². The first-order valence-electron chi connectivity index (χ1n) is 10.8. The van der Waals surface area contributed by atoms with Gasteiger partial charge in [-0.15, -0.1) is 0 Å². The molecule has 2 heterocycles. The van der Waals surface area contributed by atoms with Gasteiger partial charge < -0.3 is 19.9 Å². The number of fused-ring (bicyclic) bond motifs is 1. The van der Waals surface area contributed by atoms with Crippen LogP contribution < -0.4 is 10.2 Å². The van der Waals surface area contributed by atoms with Gasteiger partial charge in [-0.3, -0.25) is 9.69 Å². The van der Waals surface area contributed by atoms with E-state index < -0.39 is 0 Å². The van der Waals surface area contributed by atoms with Crippen molar-refractivity contribution in [2.45, 2.75) is 25.6 Å². The highest BCUT2D eigenvalue weighted by atomic mass is 16.5. The molecule has 0 aliphatic carbocycles. The maximum absolute atomic E-state index is 12.7. The van der Waals surface area contributed by atoms with E-state index in [0.29, 0.717) is 13.0 Å². The Morgan fingerprint density at radius 2 is 1.93 bits per heavy atom. The monoisotopic (exact) mass is 408 g/mol. The van der Waals surface area contributed by atoms with Crippen LogP contribution in [0, 0.1) is 0 Å². The lowest BCUT2D eigenvalue weighted by atomic mass is 10.1. The number of carbonyl (C=O) groups is 1. The molecule has 2 aromatic carbocycles. The van der Waals surface area contributed by atoms with Crippen LogP contribution in [0.4, 0.5) is 11.4 Å². The van der Waals surface area contributed by atoms with E-state index in [9.17, 15) is 4.79 Å². The SMILES string of the molecule is CN1CCN(C)c2cc(NC(=O)CC3CN(Cc4ccccc4)CCO3)ccc2C1. The molecule has 1 unspecified atom stereocenters. The standard InChI is InChI=1S/C24H32N4O2/c1-26-10-11-27(2)23-14-21(9-8-20(23)17-26)25-24(29)15-22-18-28(12-13-30-22)16-19-6-4-3-5-7-19/h3-9,14,22H,10-13,15-18H2,1-2H3,(H,25,29). The van der Waals surface area contributed by atoms with E-state index in [-0.39, 0.29) is 12.0 Å². The molecule has 0 aromatic heterocycles. The number of benzene rings is 2. The topological polar surface area (TPSA) is 48.0 Å². The molecule has 1 saturated heterocycles. The van der Waals surface area contributed by atoms with Crippen molar-refractivity contribution >= 4 is 17.3 Å². The molecule has 1 fully saturated rings. The number of carbonyl (C=O) groups excluding carboxylic acids is 1. The van der Waals surface area contributed by atoms with Gasteiger partial charge in [-0.1, -0.05) is 36.4 Å². The van der Waals surface area contributed by atoms with E-state index in [2.05, 4.69) is 70.5 Å². The first-order valence-corrected chi connectivity index (χ1v) is 10.8. The van der Waals surface area contributed by atoms with Crippen molar-refractivity contribution in [1.82, 2.24) is 9.80 Å². The van der Waals surface area contributed by atoms with Crippen molar-refractivity contribution < 1.29 is 9.53 Å². The van der Waals surface area contributed by atoms with Crippen LogP contribution in [0.5, 0.6) is 0 Å². The van der Waals surface area contributed by atoms with Crippen LogP contribution >= 0.6 is 0 Å². The summed E-state index contributed by atoms with van der Waals surface area (Å²) in [5, 5.41) is 3.08. The molecule has 1 amide bonds. The molecule has 2 aliphatic heterocycles. The summed E-state index contributed by atoms with van der Waals surface area (Å²) in [7, 11) is 4.25. The molecule has 6 heteroatoms. The Kier molecular flexibility index (Phi) is 6.67. The number of anilines is 2. The third kappa shape index (κ3) is 5.39. The number of nitrogens with zero attached hydrogens (tertiary/aromatic N) is 3. The fourth-order valence-corrected chi connectivity index (χ4v) is 4.25. The molecule has 2 aromatic rings. The van der Waals surface area contributed by atoms with Crippen LogP contribution in [-0.4, -0.2) is 68.7 Å². The molecule has 1 atom stereocenters. The second-order valence-corrected chi connectivity index (χ2v) is 8.47. The van der Waals surface area contributed by atoms with Crippen molar-refractivity contribution in [2.75, 3.05) is 57.1 Å². The van der Waals surface area contributed by atoms with Crippen LogP contribution in [0.2, 0.25) is 0 Å². The molecule has 6 nitrogen and oxygen atoms in total. The van der Waals surface area contributed by atoms with Crippen molar-refractivity contribution in [3.63, 3.8) is 0 Å². The Hall–Kier alpha value is -2.41. The smallest absolute Gasteiger partial charge is 0.227 e. The van der Waals surface area contributed by atoms with E-state index in [1.165, 1.54) is 16.8 Å². The number of rotatable bonds is 5. The molecular weight excluding hydrogens is 376 g/mol. The molecule has 0 saturated carbocycles. The lowest BCUT2D eigenvalue weighted by molar-refractivity contribution is -0.121. The molecule has 1 N–H and O–H groups in total. The van der Waals surface area contributed by atoms with E-state index in [0.717, 1.165) is 45.0 Å². The Balaban J connectivity index is 1.33. The average Bonchev–Trinajstić information content (AvgIpc) is 2.87. The maximum Gasteiger partial charge on any atom is 0.227 e. The van der Waals surface area contributed by atoms with Crippen LogP contribution in [0.3, 0.4) is 0 Å². The molecule has 0 spiro atoms. The summed E-state index contributed by atoms with van der Waals surface area (Å²) in [5.41, 5.74) is 4.64. The van der Waals surface area contributed by atoms with Gasteiger partial charge in [-0.25, -0.2) is 0 Å². The third-order valence-corrected chi connectivity index (χ3v) is 5.92. The Morgan fingerprint density at radius 3 is 2.77 bits per heavy atom. The van der Waals surface area contributed by atoms with Gasteiger partial charge in [-0.2, -0.15) is 0 Å². The molecule has 4 rings (SSSR count). The predicted molar refractivity (Wildman–Crippen MR) is 121 cm³/mol. The molecule has 160 valence electrons. The first-order chi connectivity index (χ1) is 14.6. The second kappa shape index (κ2) is 9.60. The minimum absolute atomic E-state index is 0.00917. The largest absolute Gasteiger partial charge is 0.375 e. The molecule has 0 bridgehead atoms. The number of nitrogens with one attached hydrogen (secondary N) is 1. The van der Waals surface area contributed by atoms with Crippen molar-refractivity contribution in [1.29, 1.82) is 0 Å². The normalized spacial score (nSPS) is 20.5. The van der Waals surface area contributed by atoms with Crippen LogP contribution in [0.1, 0.15) is 17.5 Å². The minimum atomic E-state index is -0.0698. The Morgan fingerprint density at radius 1 is 1.10 bits per heavy atom. The minimum Gasteiger partial charge on any atom is -0.375 e. The van der Waals surface area contributed by atoms with Gasteiger partial charge in [0.05, 0.1) is 19.1 Å². The van der Waals surface area contributed by atoms with Crippen molar-refractivity contribution in [3.8, 4) is 0 Å². The molecule has 0 radical (unpaired) electrons. The lowest BCUT2D eigenvalue weighted by Gasteiger charge is -2.32. The van der Waals surface area contributed by atoms with E-state index >= 15 is 0 Å². The highest BCUT2D eigenvalue weighted by Crippen LogP contribution is 2.27. The maximum atomic E-state index is 12.7. The van der Waals surface area contributed by atoms with E-state index in [1.807, 2.05) is 12.1 Å². The van der Waals surface area contributed by atoms with Gasteiger partial charge in [-0.05, 0) is 30.3 Å². The fourth-order valence-electron chi connectivity index (χ4n) is 4.25. The second-order valence-electron chi connectivity index (χ2n) is 8.47. The van der Waals surface area contributed by atoms with E-state index in [4.69, 9.17) is 4.74 Å². The zero-order chi connectivity index (χ0) is 20.9. The summed E-state index contributed by atoms with van der Waals surface area (Å²) in [6, 6.07) is 16.7.